The molecule has 0 saturated carbocycles. The van der Waals surface area contributed by atoms with Gasteiger partial charge in [-0.05, 0) is 44.9 Å². The summed E-state index contributed by atoms with van der Waals surface area (Å²) < 4.78 is 45.6. The molecule has 8 nitrogen and oxygen atoms in total. The lowest BCUT2D eigenvalue weighted by molar-refractivity contribution is -0.141. The summed E-state index contributed by atoms with van der Waals surface area (Å²) in [6.07, 6.45) is 2.01. The predicted octanol–water partition coefficient (Wildman–Crippen LogP) is 3.71. The van der Waals surface area contributed by atoms with Gasteiger partial charge in [0.1, 0.15) is 17.6 Å². The first-order valence-electron chi connectivity index (χ1n) is 11.9. The van der Waals surface area contributed by atoms with Crippen LogP contribution in [-0.2, 0) is 26.2 Å². The van der Waals surface area contributed by atoms with E-state index in [-0.39, 0.29) is 43.8 Å². The zero-order valence-corrected chi connectivity index (χ0v) is 22.3. The lowest BCUT2D eigenvalue weighted by atomic mass is 10.1. The molecule has 0 aliphatic carbocycles. The van der Waals surface area contributed by atoms with Crippen LogP contribution >= 0.6 is 0 Å². The second-order valence-electron chi connectivity index (χ2n) is 8.75. The van der Waals surface area contributed by atoms with E-state index in [0.717, 1.165) is 12.7 Å². The van der Waals surface area contributed by atoms with Crippen molar-refractivity contribution in [2.75, 3.05) is 24.2 Å². The number of hydrogen-bond donors (Lipinski definition) is 1. The number of methoxy groups -OCH3 is 1. The van der Waals surface area contributed by atoms with Crippen LogP contribution in [0.4, 0.5) is 10.1 Å². The molecule has 0 spiro atoms. The van der Waals surface area contributed by atoms with Crippen LogP contribution in [0.25, 0.3) is 0 Å². The fourth-order valence-corrected chi connectivity index (χ4v) is 4.59. The average Bonchev–Trinajstić information content (AvgIpc) is 2.84. The molecule has 2 aromatic rings. The Balaban J connectivity index is 2.19. The number of anilines is 1. The van der Waals surface area contributed by atoms with Crippen molar-refractivity contribution in [2.45, 2.75) is 58.7 Å². The molecular weight excluding hydrogens is 485 g/mol. The zero-order chi connectivity index (χ0) is 26.9. The minimum absolute atomic E-state index is 0.0224. The largest absolute Gasteiger partial charge is 0.497 e. The summed E-state index contributed by atoms with van der Waals surface area (Å²) in [5, 5.41) is 2.87. The third-order valence-electron chi connectivity index (χ3n) is 5.96. The monoisotopic (exact) mass is 521 g/mol. The second kappa shape index (κ2) is 13.2. The maximum absolute atomic E-state index is 14.4. The Bertz CT molecular complexity index is 1140. The summed E-state index contributed by atoms with van der Waals surface area (Å²) in [4.78, 5) is 27.4. The smallest absolute Gasteiger partial charge is 0.242 e. The SMILES string of the molecule is CC[C@@H](C)NC(=O)[C@H](C)N(Cc1ccccc1F)C(=O)CCCN(c1cccc(OC)c1)S(C)(=O)=O. The Morgan fingerprint density at radius 1 is 1.11 bits per heavy atom. The van der Waals surface area contributed by atoms with Crippen molar-refractivity contribution >= 4 is 27.5 Å². The molecule has 0 aromatic heterocycles. The van der Waals surface area contributed by atoms with Crippen LogP contribution in [-0.4, -0.2) is 57.1 Å². The average molecular weight is 522 g/mol. The number of benzene rings is 2. The molecule has 2 amide bonds. The quantitative estimate of drug-likeness (QED) is 0.434. The molecule has 36 heavy (non-hydrogen) atoms. The van der Waals surface area contributed by atoms with Crippen LogP contribution in [0.15, 0.2) is 48.5 Å². The Kier molecular flexibility index (Phi) is 10.7. The summed E-state index contributed by atoms with van der Waals surface area (Å²) >= 11 is 0. The number of carbonyl (C=O) groups excluding carboxylic acids is 2. The highest BCUT2D eigenvalue weighted by Gasteiger charge is 2.28. The first-order valence-corrected chi connectivity index (χ1v) is 13.8. The van der Waals surface area contributed by atoms with Gasteiger partial charge < -0.3 is 15.0 Å². The van der Waals surface area contributed by atoms with Crippen LogP contribution in [0.5, 0.6) is 5.75 Å². The molecule has 0 aliphatic heterocycles. The number of amides is 2. The second-order valence-corrected chi connectivity index (χ2v) is 10.7. The number of hydrogen-bond acceptors (Lipinski definition) is 5. The topological polar surface area (TPSA) is 96.0 Å². The van der Waals surface area contributed by atoms with E-state index in [1.54, 1.807) is 49.4 Å². The third kappa shape index (κ3) is 8.22. The molecule has 10 heteroatoms. The standard InChI is InChI=1S/C26H36FN3O5S/c1-6-19(2)28-26(32)20(3)29(18-21-11-7-8-14-24(21)27)25(31)15-10-16-30(36(5,33)34)22-12-9-13-23(17-22)35-4/h7-9,11-14,17,19-20H,6,10,15-16,18H2,1-5H3,(H,28,32)/t19-,20+/m1/s1. The highest BCUT2D eigenvalue weighted by Crippen LogP contribution is 2.24. The van der Waals surface area contributed by atoms with Crippen molar-refractivity contribution in [1.82, 2.24) is 10.2 Å². The van der Waals surface area contributed by atoms with Crippen molar-refractivity contribution in [3.8, 4) is 5.75 Å². The molecule has 198 valence electrons. The van der Waals surface area contributed by atoms with Gasteiger partial charge in [0, 0.05) is 37.2 Å². The highest BCUT2D eigenvalue weighted by atomic mass is 32.2. The lowest BCUT2D eigenvalue weighted by Crippen LogP contribution is -2.49. The number of carbonyl (C=O) groups is 2. The van der Waals surface area contributed by atoms with Gasteiger partial charge in [0.25, 0.3) is 0 Å². The maximum Gasteiger partial charge on any atom is 0.242 e. The van der Waals surface area contributed by atoms with Gasteiger partial charge >= 0.3 is 0 Å². The van der Waals surface area contributed by atoms with E-state index in [9.17, 15) is 22.4 Å². The van der Waals surface area contributed by atoms with Crippen molar-refractivity contribution in [3.63, 3.8) is 0 Å². The molecule has 0 radical (unpaired) electrons. The molecule has 0 heterocycles. The molecule has 0 aliphatic rings. The van der Waals surface area contributed by atoms with Crippen LogP contribution < -0.4 is 14.4 Å². The van der Waals surface area contributed by atoms with E-state index in [2.05, 4.69) is 5.32 Å². The van der Waals surface area contributed by atoms with Gasteiger partial charge in [0.15, 0.2) is 0 Å². The molecule has 0 fully saturated rings. The van der Waals surface area contributed by atoms with Crippen LogP contribution in [0.1, 0.15) is 45.6 Å². The van der Waals surface area contributed by atoms with Gasteiger partial charge in [-0.3, -0.25) is 13.9 Å². The Morgan fingerprint density at radius 2 is 1.81 bits per heavy atom. The van der Waals surface area contributed by atoms with Crippen molar-refractivity contribution < 1.29 is 27.1 Å². The number of rotatable bonds is 13. The first kappa shape index (κ1) is 29.1. The van der Waals surface area contributed by atoms with E-state index in [0.29, 0.717) is 17.0 Å². The van der Waals surface area contributed by atoms with Crippen molar-refractivity contribution in [1.29, 1.82) is 0 Å². The van der Waals surface area contributed by atoms with Crippen LogP contribution in [0, 0.1) is 5.82 Å². The summed E-state index contributed by atoms with van der Waals surface area (Å²) in [7, 11) is -2.13. The fourth-order valence-electron chi connectivity index (χ4n) is 3.63. The van der Waals surface area contributed by atoms with Gasteiger partial charge in [0.05, 0.1) is 19.1 Å². The summed E-state index contributed by atoms with van der Waals surface area (Å²) in [6.45, 7) is 5.39. The zero-order valence-electron chi connectivity index (χ0n) is 21.5. The van der Waals surface area contributed by atoms with E-state index < -0.39 is 21.9 Å². The molecular formula is C26H36FN3O5S. The maximum atomic E-state index is 14.4. The van der Waals surface area contributed by atoms with Gasteiger partial charge in [-0.15, -0.1) is 0 Å². The molecule has 1 N–H and O–H groups in total. The molecule has 2 atom stereocenters. The van der Waals surface area contributed by atoms with E-state index in [4.69, 9.17) is 4.74 Å². The van der Waals surface area contributed by atoms with Crippen LogP contribution in [0.3, 0.4) is 0 Å². The third-order valence-corrected chi connectivity index (χ3v) is 7.15. The van der Waals surface area contributed by atoms with Crippen molar-refractivity contribution in [2.24, 2.45) is 0 Å². The Hall–Kier alpha value is -3.14. The molecule has 0 bridgehead atoms. The number of halogens is 1. The minimum Gasteiger partial charge on any atom is -0.497 e. The summed E-state index contributed by atoms with van der Waals surface area (Å²) in [5.41, 5.74) is 0.719. The molecule has 2 rings (SSSR count). The van der Waals surface area contributed by atoms with Gasteiger partial charge in [0.2, 0.25) is 21.8 Å². The summed E-state index contributed by atoms with van der Waals surface area (Å²) in [5.74, 6) is -0.659. The molecule has 0 unspecified atom stereocenters. The molecule has 2 aromatic carbocycles. The normalized spacial score (nSPS) is 12.9. The lowest BCUT2D eigenvalue weighted by Gasteiger charge is -2.30. The minimum atomic E-state index is -3.62. The van der Waals surface area contributed by atoms with E-state index >= 15 is 0 Å². The van der Waals surface area contributed by atoms with Gasteiger partial charge in [-0.1, -0.05) is 31.2 Å². The Morgan fingerprint density at radius 3 is 2.42 bits per heavy atom. The first-order chi connectivity index (χ1) is 17.0. The Labute approximate surface area is 213 Å². The summed E-state index contributed by atoms with van der Waals surface area (Å²) in [6, 6.07) is 11.8. The van der Waals surface area contributed by atoms with Crippen molar-refractivity contribution in [3.05, 3.63) is 59.9 Å². The highest BCUT2D eigenvalue weighted by molar-refractivity contribution is 7.92. The van der Waals surface area contributed by atoms with Gasteiger partial charge in [-0.25, -0.2) is 12.8 Å². The fraction of sp³-hybridized carbons (Fsp3) is 0.462. The van der Waals surface area contributed by atoms with E-state index in [1.165, 1.54) is 22.4 Å². The number of nitrogens with zero attached hydrogens (tertiary/aromatic N) is 2. The van der Waals surface area contributed by atoms with Crippen LogP contribution in [0.2, 0.25) is 0 Å². The number of sulfonamides is 1. The van der Waals surface area contributed by atoms with E-state index in [1.807, 2.05) is 13.8 Å². The predicted molar refractivity (Wildman–Crippen MR) is 139 cm³/mol. The number of nitrogens with one attached hydrogen (secondary N) is 1. The molecule has 0 saturated heterocycles. The van der Waals surface area contributed by atoms with Gasteiger partial charge in [-0.2, -0.15) is 0 Å². The number of ether oxygens (including phenoxy) is 1.